The lowest BCUT2D eigenvalue weighted by molar-refractivity contribution is 0.350. The Labute approximate surface area is 76.4 Å². The van der Waals surface area contributed by atoms with Gasteiger partial charge in [-0.3, -0.25) is 0 Å². The fourth-order valence-corrected chi connectivity index (χ4v) is 1.12. The molecule has 0 atom stereocenters. The molecular formula is C9H10N2O2. The van der Waals surface area contributed by atoms with E-state index in [2.05, 4.69) is 5.10 Å². The van der Waals surface area contributed by atoms with E-state index in [1.165, 1.54) is 6.40 Å². The summed E-state index contributed by atoms with van der Waals surface area (Å²) >= 11 is 0. The van der Waals surface area contributed by atoms with Crippen LogP contribution in [-0.4, -0.2) is 20.2 Å². The van der Waals surface area contributed by atoms with Crippen molar-refractivity contribution in [2.75, 3.05) is 18.8 Å². The predicted molar refractivity (Wildman–Crippen MR) is 49.9 cm³/mol. The molecule has 4 nitrogen and oxygen atoms in total. The highest BCUT2D eigenvalue weighted by molar-refractivity contribution is 5.57. The Morgan fingerprint density at radius 3 is 2.69 bits per heavy atom. The second-order valence-electron chi connectivity index (χ2n) is 2.61. The SMILES string of the molecule is COc1ccc(N2COC=N2)cc1. The first-order valence-electron chi connectivity index (χ1n) is 3.96. The summed E-state index contributed by atoms with van der Waals surface area (Å²) in [5.41, 5.74) is 0.995. The van der Waals surface area contributed by atoms with E-state index in [-0.39, 0.29) is 0 Å². The van der Waals surface area contributed by atoms with Gasteiger partial charge in [0.05, 0.1) is 12.8 Å². The lowest BCUT2D eigenvalue weighted by Gasteiger charge is -2.11. The molecule has 0 saturated carbocycles. The van der Waals surface area contributed by atoms with E-state index in [1.54, 1.807) is 12.1 Å². The normalized spacial score (nSPS) is 14.4. The third-order valence-electron chi connectivity index (χ3n) is 1.83. The number of rotatable bonds is 2. The van der Waals surface area contributed by atoms with Gasteiger partial charge in [-0.1, -0.05) is 0 Å². The molecule has 1 aromatic carbocycles. The number of hydrogen-bond donors (Lipinski definition) is 0. The fraction of sp³-hybridized carbons (Fsp3) is 0.222. The molecule has 1 heterocycles. The van der Waals surface area contributed by atoms with Gasteiger partial charge < -0.3 is 9.47 Å². The minimum absolute atomic E-state index is 0.479. The predicted octanol–water partition coefficient (Wildman–Crippen LogP) is 1.43. The minimum atomic E-state index is 0.479. The summed E-state index contributed by atoms with van der Waals surface area (Å²) in [6, 6.07) is 7.65. The van der Waals surface area contributed by atoms with Crippen molar-refractivity contribution in [1.29, 1.82) is 0 Å². The van der Waals surface area contributed by atoms with Crippen LogP contribution in [-0.2, 0) is 4.74 Å². The molecule has 68 valence electrons. The second kappa shape index (κ2) is 3.35. The molecule has 13 heavy (non-hydrogen) atoms. The summed E-state index contributed by atoms with van der Waals surface area (Å²) in [6.07, 6.45) is 1.43. The number of hydrazone groups is 1. The molecule has 0 unspecified atom stereocenters. The summed E-state index contributed by atoms with van der Waals surface area (Å²) in [4.78, 5) is 0. The van der Waals surface area contributed by atoms with Crippen molar-refractivity contribution >= 4 is 12.1 Å². The van der Waals surface area contributed by atoms with Crippen molar-refractivity contribution in [2.24, 2.45) is 5.10 Å². The zero-order valence-corrected chi connectivity index (χ0v) is 7.30. The zero-order chi connectivity index (χ0) is 9.10. The average molecular weight is 178 g/mol. The second-order valence-corrected chi connectivity index (χ2v) is 2.61. The van der Waals surface area contributed by atoms with Crippen molar-refractivity contribution in [1.82, 2.24) is 0 Å². The lowest BCUT2D eigenvalue weighted by atomic mass is 10.3. The van der Waals surface area contributed by atoms with Gasteiger partial charge in [-0.25, -0.2) is 5.01 Å². The Balaban J connectivity index is 2.17. The maximum atomic E-state index is 5.04. The van der Waals surface area contributed by atoms with Crippen LogP contribution in [0.4, 0.5) is 5.69 Å². The van der Waals surface area contributed by atoms with E-state index in [0.29, 0.717) is 6.73 Å². The van der Waals surface area contributed by atoms with E-state index >= 15 is 0 Å². The maximum absolute atomic E-state index is 5.04. The first-order chi connectivity index (χ1) is 6.40. The van der Waals surface area contributed by atoms with Gasteiger partial charge in [-0.2, -0.15) is 0 Å². The Morgan fingerprint density at radius 1 is 1.38 bits per heavy atom. The van der Waals surface area contributed by atoms with Gasteiger partial charge in [0.15, 0.2) is 13.1 Å². The molecule has 0 bridgehead atoms. The molecule has 0 N–H and O–H groups in total. The molecule has 0 saturated heterocycles. The highest BCUT2D eigenvalue weighted by Crippen LogP contribution is 2.20. The minimum Gasteiger partial charge on any atom is -0.497 e. The molecule has 0 amide bonds. The zero-order valence-electron chi connectivity index (χ0n) is 7.30. The van der Waals surface area contributed by atoms with E-state index in [0.717, 1.165) is 11.4 Å². The third kappa shape index (κ3) is 1.56. The van der Waals surface area contributed by atoms with Gasteiger partial charge >= 0.3 is 0 Å². The molecule has 1 aliphatic rings. The van der Waals surface area contributed by atoms with E-state index in [1.807, 2.05) is 24.3 Å². The first-order valence-corrected chi connectivity index (χ1v) is 3.96. The standard InChI is InChI=1S/C9H10N2O2/c1-12-9-4-2-8(3-5-9)11-7-13-6-10-11/h2-6H,7H2,1H3. The number of benzene rings is 1. The van der Waals surface area contributed by atoms with Gasteiger partial charge in [-0.15, -0.1) is 5.10 Å². The molecule has 0 aromatic heterocycles. The molecule has 4 heteroatoms. The van der Waals surface area contributed by atoms with Gasteiger partial charge in [0.1, 0.15) is 5.75 Å². The number of hydrogen-bond acceptors (Lipinski definition) is 4. The number of methoxy groups -OCH3 is 1. The summed E-state index contributed by atoms with van der Waals surface area (Å²) in [5, 5.41) is 5.77. The Kier molecular flexibility index (Phi) is 2.04. The lowest BCUT2D eigenvalue weighted by Crippen LogP contribution is -2.12. The molecule has 0 radical (unpaired) electrons. The maximum Gasteiger partial charge on any atom is 0.195 e. The largest absolute Gasteiger partial charge is 0.497 e. The van der Waals surface area contributed by atoms with Crippen LogP contribution in [0.25, 0.3) is 0 Å². The van der Waals surface area contributed by atoms with E-state index in [9.17, 15) is 0 Å². The van der Waals surface area contributed by atoms with Gasteiger partial charge in [0.25, 0.3) is 0 Å². The number of nitrogens with zero attached hydrogens (tertiary/aromatic N) is 2. The highest BCUT2D eigenvalue weighted by atomic mass is 16.5. The van der Waals surface area contributed by atoms with Crippen molar-refractivity contribution in [2.45, 2.75) is 0 Å². The number of ether oxygens (including phenoxy) is 2. The van der Waals surface area contributed by atoms with Crippen LogP contribution in [0.5, 0.6) is 5.75 Å². The highest BCUT2D eigenvalue weighted by Gasteiger charge is 2.08. The fourth-order valence-electron chi connectivity index (χ4n) is 1.12. The van der Waals surface area contributed by atoms with Crippen LogP contribution in [0.1, 0.15) is 0 Å². The summed E-state index contributed by atoms with van der Waals surface area (Å²) in [5.74, 6) is 0.841. The quantitative estimate of drug-likeness (QED) is 0.687. The Hall–Kier alpha value is -1.71. The number of anilines is 1. The molecule has 0 fully saturated rings. The van der Waals surface area contributed by atoms with Gasteiger partial charge in [-0.05, 0) is 24.3 Å². The Bertz CT molecular complexity index is 308. The van der Waals surface area contributed by atoms with Crippen LogP contribution >= 0.6 is 0 Å². The summed E-state index contributed by atoms with van der Waals surface area (Å²) < 4.78 is 10.0. The van der Waals surface area contributed by atoms with Crippen LogP contribution < -0.4 is 9.75 Å². The molecule has 0 spiro atoms. The Morgan fingerprint density at radius 2 is 2.15 bits per heavy atom. The summed E-state index contributed by atoms with van der Waals surface area (Å²) in [7, 11) is 1.64. The van der Waals surface area contributed by atoms with Crippen LogP contribution in [0.2, 0.25) is 0 Å². The van der Waals surface area contributed by atoms with Crippen molar-refractivity contribution in [3.8, 4) is 5.75 Å². The monoisotopic (exact) mass is 178 g/mol. The smallest absolute Gasteiger partial charge is 0.195 e. The average Bonchev–Trinajstić information content (AvgIpc) is 2.71. The van der Waals surface area contributed by atoms with Crippen LogP contribution in [0, 0.1) is 0 Å². The van der Waals surface area contributed by atoms with Crippen molar-refractivity contribution in [3.05, 3.63) is 24.3 Å². The first kappa shape index (κ1) is 7.91. The molecule has 1 aliphatic heterocycles. The third-order valence-corrected chi connectivity index (χ3v) is 1.83. The molecule has 0 aliphatic carbocycles. The van der Waals surface area contributed by atoms with E-state index < -0.39 is 0 Å². The van der Waals surface area contributed by atoms with Gasteiger partial charge in [0.2, 0.25) is 0 Å². The van der Waals surface area contributed by atoms with E-state index in [4.69, 9.17) is 9.47 Å². The topological polar surface area (TPSA) is 34.1 Å². The molecular weight excluding hydrogens is 168 g/mol. The van der Waals surface area contributed by atoms with Crippen molar-refractivity contribution < 1.29 is 9.47 Å². The molecule has 2 rings (SSSR count). The molecule has 1 aromatic rings. The van der Waals surface area contributed by atoms with Crippen LogP contribution in [0.15, 0.2) is 29.4 Å². The van der Waals surface area contributed by atoms with Gasteiger partial charge in [0, 0.05) is 0 Å². The summed E-state index contributed by atoms with van der Waals surface area (Å²) in [6.45, 7) is 0.479. The van der Waals surface area contributed by atoms with Crippen LogP contribution in [0.3, 0.4) is 0 Å². The van der Waals surface area contributed by atoms with Crippen molar-refractivity contribution in [3.63, 3.8) is 0 Å².